The van der Waals surface area contributed by atoms with E-state index >= 15 is 0 Å². The summed E-state index contributed by atoms with van der Waals surface area (Å²) in [5.41, 5.74) is 3.61. The van der Waals surface area contributed by atoms with Crippen LogP contribution >= 0.6 is 0 Å². The molecule has 4 heteroatoms. The molecule has 3 rings (SSSR count). The second kappa shape index (κ2) is 4.37. The molecule has 0 amide bonds. The standard InChI is InChI=1S/C13H18N4/c1-17-13(11-4-6-15-9-11)7-12(16-17)10-3-2-5-14-8-10/h4,6-7,9-10,14-15H,2-3,5,8H2,1H3. The molecular weight excluding hydrogens is 212 g/mol. The van der Waals surface area contributed by atoms with Crippen LogP contribution in [0.25, 0.3) is 11.3 Å². The molecule has 1 atom stereocenters. The Morgan fingerprint density at radius 2 is 2.41 bits per heavy atom. The lowest BCUT2D eigenvalue weighted by Crippen LogP contribution is -2.28. The third-order valence-corrected chi connectivity index (χ3v) is 3.51. The van der Waals surface area contributed by atoms with Gasteiger partial charge in [0.1, 0.15) is 0 Å². The van der Waals surface area contributed by atoms with Crippen LogP contribution in [0.1, 0.15) is 24.5 Å². The number of hydrogen-bond donors (Lipinski definition) is 2. The van der Waals surface area contributed by atoms with Crippen molar-refractivity contribution < 1.29 is 0 Å². The number of piperidine rings is 1. The van der Waals surface area contributed by atoms with E-state index in [0.29, 0.717) is 5.92 Å². The van der Waals surface area contributed by atoms with Crippen LogP contribution in [-0.4, -0.2) is 27.9 Å². The molecule has 0 radical (unpaired) electrons. The normalized spacial score (nSPS) is 20.6. The lowest BCUT2D eigenvalue weighted by atomic mass is 9.96. The highest BCUT2D eigenvalue weighted by molar-refractivity contribution is 5.59. The number of H-pyrrole nitrogens is 1. The number of rotatable bonds is 2. The van der Waals surface area contributed by atoms with Gasteiger partial charge >= 0.3 is 0 Å². The van der Waals surface area contributed by atoms with E-state index in [9.17, 15) is 0 Å². The molecule has 2 aromatic rings. The van der Waals surface area contributed by atoms with Crippen LogP contribution in [0.15, 0.2) is 24.5 Å². The van der Waals surface area contributed by atoms with E-state index in [0.717, 1.165) is 13.1 Å². The quantitative estimate of drug-likeness (QED) is 0.827. The number of aromatic nitrogens is 3. The number of aryl methyl sites for hydroxylation is 1. The summed E-state index contributed by atoms with van der Waals surface area (Å²) in [6, 6.07) is 4.31. The van der Waals surface area contributed by atoms with E-state index in [1.807, 2.05) is 24.1 Å². The van der Waals surface area contributed by atoms with E-state index in [4.69, 9.17) is 0 Å². The van der Waals surface area contributed by atoms with Gasteiger partial charge in [0.15, 0.2) is 0 Å². The van der Waals surface area contributed by atoms with Crippen molar-refractivity contribution in [2.75, 3.05) is 13.1 Å². The van der Waals surface area contributed by atoms with Crippen molar-refractivity contribution >= 4 is 0 Å². The summed E-state index contributed by atoms with van der Waals surface area (Å²) in [4.78, 5) is 3.09. The van der Waals surface area contributed by atoms with Crippen LogP contribution in [0, 0.1) is 0 Å². The predicted octanol–water partition coefficient (Wildman–Crippen LogP) is 1.88. The predicted molar refractivity (Wildman–Crippen MR) is 67.8 cm³/mol. The molecule has 1 unspecified atom stereocenters. The van der Waals surface area contributed by atoms with E-state index < -0.39 is 0 Å². The van der Waals surface area contributed by atoms with Crippen molar-refractivity contribution in [2.45, 2.75) is 18.8 Å². The second-order valence-electron chi connectivity index (χ2n) is 4.72. The summed E-state index contributed by atoms with van der Waals surface area (Å²) in [6.45, 7) is 2.21. The first-order valence-electron chi connectivity index (χ1n) is 6.22. The minimum Gasteiger partial charge on any atom is -0.367 e. The first-order chi connectivity index (χ1) is 8.34. The summed E-state index contributed by atoms with van der Waals surface area (Å²) in [5, 5.41) is 8.09. The molecule has 1 fully saturated rings. The SMILES string of the molecule is Cn1nc(C2CCCNC2)cc1-c1cc[nH]c1. The Hall–Kier alpha value is -1.55. The highest BCUT2D eigenvalue weighted by atomic mass is 15.3. The van der Waals surface area contributed by atoms with Crippen molar-refractivity contribution in [3.05, 3.63) is 30.2 Å². The molecule has 1 aliphatic heterocycles. The largest absolute Gasteiger partial charge is 0.367 e. The molecule has 1 saturated heterocycles. The Bertz CT molecular complexity index is 477. The fourth-order valence-corrected chi connectivity index (χ4v) is 2.55. The zero-order valence-electron chi connectivity index (χ0n) is 10.1. The molecule has 1 aliphatic rings. The Balaban J connectivity index is 1.90. The van der Waals surface area contributed by atoms with Crippen molar-refractivity contribution in [2.24, 2.45) is 7.05 Å². The summed E-state index contributed by atoms with van der Waals surface area (Å²) < 4.78 is 1.98. The van der Waals surface area contributed by atoms with Crippen molar-refractivity contribution in [3.63, 3.8) is 0 Å². The summed E-state index contributed by atoms with van der Waals surface area (Å²) in [7, 11) is 2.02. The molecule has 2 N–H and O–H groups in total. The zero-order chi connectivity index (χ0) is 11.7. The maximum absolute atomic E-state index is 4.65. The molecule has 4 nitrogen and oxygen atoms in total. The van der Waals surface area contributed by atoms with Gasteiger partial charge in [0.25, 0.3) is 0 Å². The van der Waals surface area contributed by atoms with E-state index in [1.54, 1.807) is 0 Å². The van der Waals surface area contributed by atoms with Crippen molar-refractivity contribution in [3.8, 4) is 11.3 Å². The molecule has 0 bridgehead atoms. The van der Waals surface area contributed by atoms with Crippen molar-refractivity contribution in [1.82, 2.24) is 20.1 Å². The third kappa shape index (κ3) is 2.00. The van der Waals surface area contributed by atoms with Crippen LogP contribution in [0.5, 0.6) is 0 Å². The molecule has 90 valence electrons. The smallest absolute Gasteiger partial charge is 0.0697 e. The molecule has 2 aromatic heterocycles. The van der Waals surface area contributed by atoms with Crippen LogP contribution < -0.4 is 5.32 Å². The molecule has 0 saturated carbocycles. The molecule has 3 heterocycles. The Labute approximate surface area is 101 Å². The van der Waals surface area contributed by atoms with Gasteiger partial charge in [-0.15, -0.1) is 0 Å². The second-order valence-corrected chi connectivity index (χ2v) is 4.72. The number of nitrogens with one attached hydrogen (secondary N) is 2. The molecule has 17 heavy (non-hydrogen) atoms. The van der Waals surface area contributed by atoms with Gasteiger partial charge in [-0.1, -0.05) is 0 Å². The van der Waals surface area contributed by atoms with Crippen LogP contribution in [0.4, 0.5) is 0 Å². The molecule has 0 aromatic carbocycles. The maximum atomic E-state index is 4.65. The molecule has 0 aliphatic carbocycles. The summed E-state index contributed by atoms with van der Waals surface area (Å²) in [6.07, 6.45) is 6.46. The Morgan fingerprint density at radius 1 is 1.47 bits per heavy atom. The third-order valence-electron chi connectivity index (χ3n) is 3.51. The van der Waals surface area contributed by atoms with Gasteiger partial charge in [0, 0.05) is 37.5 Å². The highest BCUT2D eigenvalue weighted by Crippen LogP contribution is 2.26. The van der Waals surface area contributed by atoms with Gasteiger partial charge in [0.05, 0.1) is 11.4 Å². The number of aromatic amines is 1. The Kier molecular flexibility index (Phi) is 2.73. The lowest BCUT2D eigenvalue weighted by Gasteiger charge is -2.20. The minimum atomic E-state index is 0.572. The van der Waals surface area contributed by atoms with Crippen LogP contribution in [0.2, 0.25) is 0 Å². The van der Waals surface area contributed by atoms with Gasteiger partial charge in [-0.05, 0) is 31.5 Å². The van der Waals surface area contributed by atoms with Gasteiger partial charge < -0.3 is 10.3 Å². The fraction of sp³-hybridized carbons (Fsp3) is 0.462. The van der Waals surface area contributed by atoms with E-state index in [2.05, 4.69) is 27.5 Å². The molecule has 0 spiro atoms. The van der Waals surface area contributed by atoms with Crippen molar-refractivity contribution in [1.29, 1.82) is 0 Å². The average Bonchev–Trinajstić information content (AvgIpc) is 2.99. The zero-order valence-corrected chi connectivity index (χ0v) is 10.1. The summed E-state index contributed by atoms with van der Waals surface area (Å²) >= 11 is 0. The van der Waals surface area contributed by atoms with Gasteiger partial charge in [-0.25, -0.2) is 0 Å². The van der Waals surface area contributed by atoms with Gasteiger partial charge in [-0.3, -0.25) is 4.68 Å². The minimum absolute atomic E-state index is 0.572. The van der Waals surface area contributed by atoms with Gasteiger partial charge in [-0.2, -0.15) is 5.10 Å². The lowest BCUT2D eigenvalue weighted by molar-refractivity contribution is 0.451. The monoisotopic (exact) mass is 230 g/mol. The number of nitrogens with zero attached hydrogens (tertiary/aromatic N) is 2. The van der Waals surface area contributed by atoms with Gasteiger partial charge in [0.2, 0.25) is 0 Å². The number of hydrogen-bond acceptors (Lipinski definition) is 2. The topological polar surface area (TPSA) is 45.6 Å². The van der Waals surface area contributed by atoms with Crippen LogP contribution in [-0.2, 0) is 7.05 Å². The molecular formula is C13H18N4. The fourth-order valence-electron chi connectivity index (χ4n) is 2.55. The first-order valence-corrected chi connectivity index (χ1v) is 6.22. The average molecular weight is 230 g/mol. The van der Waals surface area contributed by atoms with E-state index in [-0.39, 0.29) is 0 Å². The van der Waals surface area contributed by atoms with Crippen LogP contribution in [0.3, 0.4) is 0 Å². The Morgan fingerprint density at radius 3 is 3.12 bits per heavy atom. The summed E-state index contributed by atoms with van der Waals surface area (Å²) in [5.74, 6) is 0.572. The first kappa shape index (κ1) is 10.6. The van der Waals surface area contributed by atoms with E-state index in [1.165, 1.54) is 29.8 Å². The highest BCUT2D eigenvalue weighted by Gasteiger charge is 2.19. The maximum Gasteiger partial charge on any atom is 0.0697 e.